The van der Waals surface area contributed by atoms with Crippen LogP contribution in [0.4, 0.5) is 10.1 Å². The number of nitrogens with zero attached hydrogens (tertiary/aromatic N) is 4. The number of benzene rings is 3. The summed E-state index contributed by atoms with van der Waals surface area (Å²) >= 11 is 1.45. The standard InChI is InChI=1S/C30H26FN5OS/c1-20(2)22-11-13-25(14-12-22)33-29(37)24-9-7-21(8-10-24)19-38-30-35-34-28(23-15-17-32-18-16-23)36(30)27-6-4-3-5-26(27)31/h3-18,20H,19H2,1-2H3,(H,33,37). The molecule has 0 aliphatic heterocycles. The van der Waals surface area contributed by atoms with Crippen LogP contribution in [0.15, 0.2) is 102 Å². The zero-order chi connectivity index (χ0) is 26.5. The molecule has 5 aromatic rings. The molecule has 0 aliphatic rings. The minimum absolute atomic E-state index is 0.164. The molecule has 5 rings (SSSR count). The van der Waals surface area contributed by atoms with Crippen LogP contribution in [-0.2, 0) is 5.75 Å². The SMILES string of the molecule is CC(C)c1ccc(NC(=O)c2ccc(CSc3nnc(-c4ccncc4)n3-c3ccccc3F)cc2)cc1. The molecule has 0 radical (unpaired) electrons. The van der Waals surface area contributed by atoms with Gasteiger partial charge >= 0.3 is 0 Å². The van der Waals surface area contributed by atoms with Gasteiger partial charge in [-0.15, -0.1) is 10.2 Å². The molecule has 8 heteroatoms. The second kappa shape index (κ2) is 11.4. The molecule has 2 aromatic heterocycles. The molecule has 0 fully saturated rings. The van der Waals surface area contributed by atoms with Gasteiger partial charge in [0.15, 0.2) is 11.0 Å². The molecule has 1 N–H and O–H groups in total. The van der Waals surface area contributed by atoms with Gasteiger partial charge in [-0.2, -0.15) is 0 Å². The Kier molecular flexibility index (Phi) is 7.60. The summed E-state index contributed by atoms with van der Waals surface area (Å²) in [6.07, 6.45) is 3.34. The molecule has 1 amide bonds. The van der Waals surface area contributed by atoms with E-state index in [-0.39, 0.29) is 11.7 Å². The van der Waals surface area contributed by atoms with E-state index in [1.54, 1.807) is 47.3 Å². The fourth-order valence-electron chi connectivity index (χ4n) is 3.96. The van der Waals surface area contributed by atoms with Crippen LogP contribution in [0, 0.1) is 5.82 Å². The molecule has 0 unspecified atom stereocenters. The lowest BCUT2D eigenvalue weighted by molar-refractivity contribution is 0.102. The number of amides is 1. The zero-order valence-electron chi connectivity index (χ0n) is 21.0. The number of thioether (sulfide) groups is 1. The molecule has 0 saturated carbocycles. The van der Waals surface area contributed by atoms with Gasteiger partial charge in [0.05, 0.1) is 5.69 Å². The van der Waals surface area contributed by atoms with Crippen LogP contribution in [-0.4, -0.2) is 25.7 Å². The van der Waals surface area contributed by atoms with Crippen molar-refractivity contribution in [3.8, 4) is 17.1 Å². The monoisotopic (exact) mass is 523 g/mol. The first-order valence-corrected chi connectivity index (χ1v) is 13.2. The largest absolute Gasteiger partial charge is 0.322 e. The molecule has 38 heavy (non-hydrogen) atoms. The lowest BCUT2D eigenvalue weighted by atomic mass is 10.0. The fraction of sp³-hybridized carbons (Fsp3) is 0.133. The topological polar surface area (TPSA) is 72.7 Å². The summed E-state index contributed by atoms with van der Waals surface area (Å²) in [5.41, 5.74) is 4.72. The van der Waals surface area contributed by atoms with Gasteiger partial charge < -0.3 is 5.32 Å². The molecule has 0 atom stereocenters. The number of carbonyl (C=O) groups is 1. The quantitative estimate of drug-likeness (QED) is 0.219. The average molecular weight is 524 g/mol. The lowest BCUT2D eigenvalue weighted by Gasteiger charge is -2.11. The number of hydrogen-bond donors (Lipinski definition) is 1. The highest BCUT2D eigenvalue weighted by Gasteiger charge is 2.18. The summed E-state index contributed by atoms with van der Waals surface area (Å²) in [6.45, 7) is 4.27. The number of hydrogen-bond acceptors (Lipinski definition) is 5. The number of para-hydroxylation sites is 1. The van der Waals surface area contributed by atoms with Crippen molar-refractivity contribution < 1.29 is 9.18 Å². The van der Waals surface area contributed by atoms with Gasteiger partial charge in [0.25, 0.3) is 5.91 Å². The smallest absolute Gasteiger partial charge is 0.255 e. The Morgan fingerprint density at radius 3 is 2.32 bits per heavy atom. The van der Waals surface area contributed by atoms with Crippen molar-refractivity contribution in [2.24, 2.45) is 0 Å². The summed E-state index contributed by atoms with van der Waals surface area (Å²) in [7, 11) is 0. The van der Waals surface area contributed by atoms with Gasteiger partial charge in [0, 0.05) is 35.0 Å². The van der Waals surface area contributed by atoms with Crippen molar-refractivity contribution in [3.63, 3.8) is 0 Å². The Bertz CT molecular complexity index is 1530. The lowest BCUT2D eigenvalue weighted by Crippen LogP contribution is -2.11. The molecule has 6 nitrogen and oxygen atoms in total. The number of carbonyl (C=O) groups excluding carboxylic acids is 1. The van der Waals surface area contributed by atoms with Gasteiger partial charge in [-0.05, 0) is 65.6 Å². The van der Waals surface area contributed by atoms with Crippen LogP contribution in [0.5, 0.6) is 0 Å². The third kappa shape index (κ3) is 5.65. The van der Waals surface area contributed by atoms with E-state index in [0.29, 0.717) is 33.9 Å². The van der Waals surface area contributed by atoms with Crippen LogP contribution in [0.2, 0.25) is 0 Å². The summed E-state index contributed by atoms with van der Waals surface area (Å²) in [4.78, 5) is 16.8. The van der Waals surface area contributed by atoms with Gasteiger partial charge in [-0.25, -0.2) is 4.39 Å². The van der Waals surface area contributed by atoms with Crippen LogP contribution in [0.3, 0.4) is 0 Å². The Hall–Kier alpha value is -4.30. The molecule has 0 spiro atoms. The van der Waals surface area contributed by atoms with Gasteiger partial charge in [0.2, 0.25) is 0 Å². The maximum atomic E-state index is 14.8. The summed E-state index contributed by atoms with van der Waals surface area (Å²) in [5.74, 6) is 1.02. The average Bonchev–Trinajstić information content (AvgIpc) is 3.37. The number of anilines is 1. The van der Waals surface area contributed by atoms with Crippen molar-refractivity contribution >= 4 is 23.4 Å². The van der Waals surface area contributed by atoms with E-state index < -0.39 is 0 Å². The summed E-state index contributed by atoms with van der Waals surface area (Å²) in [6, 6.07) is 25.5. The molecular weight excluding hydrogens is 497 g/mol. The maximum absolute atomic E-state index is 14.8. The van der Waals surface area contributed by atoms with Gasteiger partial charge in [-0.1, -0.05) is 62.0 Å². The Morgan fingerprint density at radius 1 is 0.921 bits per heavy atom. The van der Waals surface area contributed by atoms with E-state index in [1.807, 2.05) is 48.5 Å². The van der Waals surface area contributed by atoms with Crippen LogP contribution < -0.4 is 5.32 Å². The summed E-state index contributed by atoms with van der Waals surface area (Å²) in [5, 5.41) is 12.2. The third-order valence-electron chi connectivity index (χ3n) is 6.08. The summed E-state index contributed by atoms with van der Waals surface area (Å²) < 4.78 is 16.5. The van der Waals surface area contributed by atoms with Crippen molar-refractivity contribution in [2.45, 2.75) is 30.7 Å². The van der Waals surface area contributed by atoms with E-state index in [9.17, 15) is 9.18 Å². The number of nitrogens with one attached hydrogen (secondary N) is 1. The van der Waals surface area contributed by atoms with E-state index >= 15 is 0 Å². The molecule has 0 saturated heterocycles. The number of rotatable bonds is 8. The number of halogens is 1. The van der Waals surface area contributed by atoms with Crippen molar-refractivity contribution in [3.05, 3.63) is 120 Å². The predicted octanol–water partition coefficient (Wildman–Crippen LogP) is 7.14. The first-order valence-electron chi connectivity index (χ1n) is 12.2. The minimum atomic E-state index is -0.362. The van der Waals surface area contributed by atoms with E-state index in [0.717, 1.165) is 16.8 Å². The fourth-order valence-corrected chi connectivity index (χ4v) is 4.86. The Morgan fingerprint density at radius 2 is 1.63 bits per heavy atom. The van der Waals surface area contributed by atoms with Gasteiger partial charge in [-0.3, -0.25) is 14.3 Å². The van der Waals surface area contributed by atoms with E-state index in [2.05, 4.69) is 34.3 Å². The first-order chi connectivity index (χ1) is 18.5. The second-order valence-corrected chi connectivity index (χ2v) is 9.99. The highest BCUT2D eigenvalue weighted by atomic mass is 32.2. The Labute approximate surface area is 225 Å². The number of pyridine rings is 1. The molecule has 2 heterocycles. The minimum Gasteiger partial charge on any atom is -0.322 e. The van der Waals surface area contributed by atoms with Crippen LogP contribution >= 0.6 is 11.8 Å². The van der Waals surface area contributed by atoms with Crippen molar-refractivity contribution in [1.29, 1.82) is 0 Å². The molecule has 190 valence electrons. The molecule has 0 aliphatic carbocycles. The maximum Gasteiger partial charge on any atom is 0.255 e. The van der Waals surface area contributed by atoms with Gasteiger partial charge in [0.1, 0.15) is 5.82 Å². The zero-order valence-corrected chi connectivity index (χ0v) is 21.8. The second-order valence-electron chi connectivity index (χ2n) is 9.05. The highest BCUT2D eigenvalue weighted by Crippen LogP contribution is 2.30. The van der Waals surface area contributed by atoms with E-state index in [1.165, 1.54) is 23.4 Å². The third-order valence-corrected chi connectivity index (χ3v) is 7.08. The molecule has 3 aromatic carbocycles. The Balaban J connectivity index is 1.31. The predicted molar refractivity (Wildman–Crippen MR) is 149 cm³/mol. The van der Waals surface area contributed by atoms with Crippen molar-refractivity contribution in [2.75, 3.05) is 5.32 Å². The van der Waals surface area contributed by atoms with E-state index in [4.69, 9.17) is 0 Å². The van der Waals surface area contributed by atoms with Crippen LogP contribution in [0.1, 0.15) is 41.3 Å². The van der Waals surface area contributed by atoms with Crippen molar-refractivity contribution in [1.82, 2.24) is 19.7 Å². The molecule has 0 bridgehead atoms. The number of aromatic nitrogens is 4. The normalized spacial score (nSPS) is 11.1. The first kappa shape index (κ1) is 25.4. The molecular formula is C30H26FN5OS. The van der Waals surface area contributed by atoms with Crippen LogP contribution in [0.25, 0.3) is 17.1 Å². The highest BCUT2D eigenvalue weighted by molar-refractivity contribution is 7.98.